The predicted molar refractivity (Wildman–Crippen MR) is 85.6 cm³/mol. The highest BCUT2D eigenvalue weighted by Crippen LogP contribution is 2.29. The van der Waals surface area contributed by atoms with Gasteiger partial charge in [0.05, 0.1) is 0 Å². The lowest BCUT2D eigenvalue weighted by Gasteiger charge is -2.10. The van der Waals surface area contributed by atoms with Crippen molar-refractivity contribution in [1.82, 2.24) is 0 Å². The lowest BCUT2D eigenvalue weighted by molar-refractivity contribution is 0.192. The van der Waals surface area contributed by atoms with E-state index in [0.717, 1.165) is 23.0 Å². The summed E-state index contributed by atoms with van der Waals surface area (Å²) in [5.41, 5.74) is 5.35. The topological polar surface area (TPSA) is 33.4 Å². The third kappa shape index (κ3) is 2.59. The summed E-state index contributed by atoms with van der Waals surface area (Å²) in [6.07, 6.45) is 0.257. The molecule has 0 bridgehead atoms. The second-order valence-corrected chi connectivity index (χ2v) is 5.62. The molecule has 1 heterocycles. The fraction of sp³-hybridized carbons (Fsp3) is 0.263. The van der Waals surface area contributed by atoms with Gasteiger partial charge in [-0.05, 0) is 54.7 Å². The Morgan fingerprint density at radius 3 is 2.52 bits per heavy atom. The first-order valence-electron chi connectivity index (χ1n) is 7.36. The van der Waals surface area contributed by atoms with Crippen LogP contribution in [0.2, 0.25) is 0 Å². The summed E-state index contributed by atoms with van der Waals surface area (Å²) < 4.78 is 5.85. The molecule has 0 radical (unpaired) electrons. The standard InChI is InChI=1S/C19H20O2/c1-4-14-6-8-15-11-18(21-17(15)10-14)19(20)16-7-5-12(2)13(3)9-16/h5-11,19-20H,4H2,1-3H3. The van der Waals surface area contributed by atoms with Crippen molar-refractivity contribution >= 4 is 11.0 Å². The van der Waals surface area contributed by atoms with Crippen LogP contribution >= 0.6 is 0 Å². The highest BCUT2D eigenvalue weighted by atomic mass is 16.4. The average molecular weight is 280 g/mol. The van der Waals surface area contributed by atoms with Crippen LogP contribution in [0, 0.1) is 13.8 Å². The van der Waals surface area contributed by atoms with E-state index in [4.69, 9.17) is 4.42 Å². The molecule has 2 heteroatoms. The van der Waals surface area contributed by atoms with E-state index in [2.05, 4.69) is 26.8 Å². The van der Waals surface area contributed by atoms with Crippen LogP contribution in [-0.2, 0) is 6.42 Å². The van der Waals surface area contributed by atoms with E-state index in [1.807, 2.05) is 36.4 Å². The first kappa shape index (κ1) is 13.9. The van der Waals surface area contributed by atoms with Crippen LogP contribution in [0.5, 0.6) is 0 Å². The molecule has 0 fully saturated rings. The fourth-order valence-corrected chi connectivity index (χ4v) is 2.55. The Morgan fingerprint density at radius 1 is 1.00 bits per heavy atom. The Kier molecular flexibility index (Phi) is 3.56. The Morgan fingerprint density at radius 2 is 1.81 bits per heavy atom. The maximum atomic E-state index is 10.5. The molecule has 1 atom stereocenters. The zero-order valence-corrected chi connectivity index (χ0v) is 12.7. The van der Waals surface area contributed by atoms with Crippen molar-refractivity contribution in [1.29, 1.82) is 0 Å². The predicted octanol–water partition coefficient (Wildman–Crippen LogP) is 4.69. The van der Waals surface area contributed by atoms with E-state index >= 15 is 0 Å². The van der Waals surface area contributed by atoms with Gasteiger partial charge in [-0.1, -0.05) is 37.3 Å². The van der Waals surface area contributed by atoms with Crippen LogP contribution in [0.4, 0.5) is 0 Å². The van der Waals surface area contributed by atoms with Gasteiger partial charge in [-0.25, -0.2) is 0 Å². The minimum atomic E-state index is -0.721. The number of aliphatic hydroxyl groups is 1. The van der Waals surface area contributed by atoms with Gasteiger partial charge in [-0.15, -0.1) is 0 Å². The average Bonchev–Trinajstić information content (AvgIpc) is 2.92. The molecule has 1 unspecified atom stereocenters. The fourth-order valence-electron chi connectivity index (χ4n) is 2.55. The molecule has 2 aromatic carbocycles. The number of aryl methyl sites for hydroxylation is 3. The molecule has 1 aromatic heterocycles. The number of furan rings is 1. The monoisotopic (exact) mass is 280 g/mol. The summed E-state index contributed by atoms with van der Waals surface area (Å²) in [6.45, 7) is 6.24. The van der Waals surface area contributed by atoms with Gasteiger partial charge in [0.2, 0.25) is 0 Å². The normalized spacial score (nSPS) is 12.8. The molecule has 1 N–H and O–H groups in total. The Balaban J connectivity index is 2.00. The highest BCUT2D eigenvalue weighted by molar-refractivity contribution is 5.78. The number of rotatable bonds is 3. The minimum absolute atomic E-state index is 0.599. The smallest absolute Gasteiger partial charge is 0.138 e. The lowest BCUT2D eigenvalue weighted by atomic mass is 10.0. The molecule has 0 spiro atoms. The number of benzene rings is 2. The van der Waals surface area contributed by atoms with Crippen LogP contribution in [0.25, 0.3) is 11.0 Å². The van der Waals surface area contributed by atoms with Crippen molar-refractivity contribution in [2.24, 2.45) is 0 Å². The summed E-state index contributed by atoms with van der Waals surface area (Å²) in [5, 5.41) is 11.6. The number of hydrogen-bond acceptors (Lipinski definition) is 2. The number of aliphatic hydroxyl groups excluding tert-OH is 1. The van der Waals surface area contributed by atoms with Crippen LogP contribution in [0.1, 0.15) is 41.0 Å². The van der Waals surface area contributed by atoms with Crippen molar-refractivity contribution in [2.45, 2.75) is 33.3 Å². The summed E-state index contributed by atoms with van der Waals surface area (Å²) >= 11 is 0. The van der Waals surface area contributed by atoms with Crippen molar-refractivity contribution in [3.63, 3.8) is 0 Å². The van der Waals surface area contributed by atoms with Gasteiger partial charge in [-0.2, -0.15) is 0 Å². The van der Waals surface area contributed by atoms with Gasteiger partial charge in [-0.3, -0.25) is 0 Å². The highest BCUT2D eigenvalue weighted by Gasteiger charge is 2.16. The van der Waals surface area contributed by atoms with Crippen molar-refractivity contribution in [3.05, 3.63) is 70.5 Å². The van der Waals surface area contributed by atoms with Gasteiger partial charge in [0.15, 0.2) is 0 Å². The molecule has 2 nitrogen and oxygen atoms in total. The molecule has 0 aliphatic carbocycles. The Bertz CT molecular complexity index is 783. The first-order chi connectivity index (χ1) is 10.1. The Hall–Kier alpha value is -2.06. The molecule has 3 rings (SSSR count). The van der Waals surface area contributed by atoms with Gasteiger partial charge >= 0.3 is 0 Å². The second kappa shape index (κ2) is 5.38. The maximum Gasteiger partial charge on any atom is 0.138 e. The van der Waals surface area contributed by atoms with Crippen molar-refractivity contribution in [2.75, 3.05) is 0 Å². The van der Waals surface area contributed by atoms with Crippen LogP contribution < -0.4 is 0 Å². The summed E-state index contributed by atoms with van der Waals surface area (Å²) in [5.74, 6) is 0.599. The van der Waals surface area contributed by atoms with E-state index in [1.54, 1.807) is 0 Å². The SMILES string of the molecule is CCc1ccc2cc(C(O)c3ccc(C)c(C)c3)oc2c1. The molecule has 0 amide bonds. The van der Waals surface area contributed by atoms with E-state index in [-0.39, 0.29) is 0 Å². The largest absolute Gasteiger partial charge is 0.458 e. The molecule has 21 heavy (non-hydrogen) atoms. The van der Waals surface area contributed by atoms with Crippen LogP contribution in [-0.4, -0.2) is 5.11 Å². The third-order valence-corrected chi connectivity index (χ3v) is 4.13. The molecule has 0 aliphatic heterocycles. The molecule has 0 aliphatic rings. The van der Waals surface area contributed by atoms with Gasteiger partial charge in [0, 0.05) is 5.39 Å². The van der Waals surface area contributed by atoms with E-state index in [9.17, 15) is 5.11 Å². The van der Waals surface area contributed by atoms with E-state index in [0.29, 0.717) is 5.76 Å². The van der Waals surface area contributed by atoms with Gasteiger partial charge in [0.25, 0.3) is 0 Å². The van der Waals surface area contributed by atoms with Crippen molar-refractivity contribution < 1.29 is 9.52 Å². The Labute approximate surface area is 125 Å². The summed E-state index contributed by atoms with van der Waals surface area (Å²) in [7, 11) is 0. The summed E-state index contributed by atoms with van der Waals surface area (Å²) in [4.78, 5) is 0. The van der Waals surface area contributed by atoms with Gasteiger partial charge < -0.3 is 9.52 Å². The third-order valence-electron chi connectivity index (χ3n) is 4.13. The second-order valence-electron chi connectivity index (χ2n) is 5.62. The molecular weight excluding hydrogens is 260 g/mol. The van der Waals surface area contributed by atoms with E-state index < -0.39 is 6.10 Å². The molecular formula is C19H20O2. The minimum Gasteiger partial charge on any atom is -0.458 e. The number of fused-ring (bicyclic) bond motifs is 1. The lowest BCUT2D eigenvalue weighted by Crippen LogP contribution is -1.98. The summed E-state index contributed by atoms with van der Waals surface area (Å²) in [6, 6.07) is 14.1. The first-order valence-corrected chi connectivity index (χ1v) is 7.36. The van der Waals surface area contributed by atoms with Crippen LogP contribution in [0.15, 0.2) is 46.9 Å². The van der Waals surface area contributed by atoms with Gasteiger partial charge in [0.1, 0.15) is 17.4 Å². The van der Waals surface area contributed by atoms with Crippen molar-refractivity contribution in [3.8, 4) is 0 Å². The van der Waals surface area contributed by atoms with Crippen LogP contribution in [0.3, 0.4) is 0 Å². The van der Waals surface area contributed by atoms with E-state index in [1.165, 1.54) is 16.7 Å². The maximum absolute atomic E-state index is 10.5. The zero-order chi connectivity index (χ0) is 15.0. The molecule has 108 valence electrons. The molecule has 3 aromatic rings. The zero-order valence-electron chi connectivity index (χ0n) is 12.7. The molecule has 0 saturated carbocycles. The molecule has 0 saturated heterocycles. The number of hydrogen-bond donors (Lipinski definition) is 1. The quantitative estimate of drug-likeness (QED) is 0.754.